The molecular weight excluding hydrogens is 303 g/mol. The molecule has 0 aromatic heterocycles. The molecule has 0 atom stereocenters. The van der Waals surface area contributed by atoms with Crippen LogP contribution in [0.3, 0.4) is 0 Å². The summed E-state index contributed by atoms with van der Waals surface area (Å²) in [6.07, 6.45) is 0.902. The molecule has 3 N–H and O–H groups in total. The van der Waals surface area contributed by atoms with Crippen molar-refractivity contribution >= 4 is 18.5 Å². The van der Waals surface area contributed by atoms with Gasteiger partial charge < -0.3 is 15.4 Å². The monoisotopic (exact) mass is 319 g/mol. The molecule has 23 heavy (non-hydrogen) atoms. The Morgan fingerprint density at radius 3 is 2.26 bits per heavy atom. The Labute approximate surface area is 132 Å². The van der Waals surface area contributed by atoms with E-state index in [1.807, 2.05) is 31.2 Å². The van der Waals surface area contributed by atoms with E-state index in [1.165, 1.54) is 0 Å². The molecule has 4 nitrogen and oxygen atoms in total. The Hall–Kier alpha value is -2.25. The van der Waals surface area contributed by atoms with Crippen LogP contribution in [0.1, 0.15) is 28.4 Å². The van der Waals surface area contributed by atoms with Gasteiger partial charge in [0, 0.05) is 6.54 Å². The first kappa shape index (κ1) is 17.1. The molecule has 0 aliphatic rings. The highest BCUT2D eigenvalue weighted by molar-refractivity contribution is 6.59. The number of benzene rings is 2. The van der Waals surface area contributed by atoms with E-state index in [9.17, 15) is 13.6 Å². The highest BCUT2D eigenvalue weighted by atomic mass is 19.1. The van der Waals surface area contributed by atoms with Gasteiger partial charge in [-0.3, -0.25) is 4.79 Å². The maximum Gasteiger partial charge on any atom is 0.494 e. The van der Waals surface area contributed by atoms with Gasteiger partial charge >= 0.3 is 7.12 Å². The lowest BCUT2D eigenvalue weighted by Gasteiger charge is -2.10. The Kier molecular flexibility index (Phi) is 5.47. The molecule has 2 rings (SSSR count). The van der Waals surface area contributed by atoms with Crippen LogP contribution >= 0.6 is 0 Å². The van der Waals surface area contributed by atoms with E-state index >= 15 is 0 Å². The summed E-state index contributed by atoms with van der Waals surface area (Å²) < 4.78 is 27.4. The van der Waals surface area contributed by atoms with Gasteiger partial charge in [-0.15, -0.1) is 0 Å². The fourth-order valence-corrected chi connectivity index (χ4v) is 2.15. The van der Waals surface area contributed by atoms with E-state index in [0.717, 1.165) is 29.7 Å². The second-order valence-corrected chi connectivity index (χ2v) is 5.05. The van der Waals surface area contributed by atoms with Crippen molar-refractivity contribution in [3.8, 4) is 0 Å². The second kappa shape index (κ2) is 7.35. The van der Waals surface area contributed by atoms with E-state index in [1.54, 1.807) is 0 Å². The summed E-state index contributed by atoms with van der Waals surface area (Å²) in [5.74, 6) is -3.16. The minimum atomic E-state index is -2.33. The quantitative estimate of drug-likeness (QED) is 0.724. The number of carbonyl (C=O) groups is 1. The largest absolute Gasteiger partial charge is 0.494 e. The molecule has 7 heteroatoms. The average Bonchev–Trinajstić information content (AvgIpc) is 2.53. The molecule has 0 fully saturated rings. The zero-order chi connectivity index (χ0) is 17.0. The van der Waals surface area contributed by atoms with Crippen molar-refractivity contribution in [3.05, 3.63) is 64.7 Å². The molecule has 2 aromatic carbocycles. The number of hydrogen-bond acceptors (Lipinski definition) is 3. The van der Waals surface area contributed by atoms with Gasteiger partial charge in [0.25, 0.3) is 5.91 Å². The number of nitrogens with one attached hydrogen (secondary N) is 1. The van der Waals surface area contributed by atoms with Crippen LogP contribution in [-0.2, 0) is 13.0 Å². The number of halogens is 2. The van der Waals surface area contributed by atoms with Gasteiger partial charge in [-0.05, 0) is 29.7 Å². The third-order valence-electron chi connectivity index (χ3n) is 3.51. The number of amides is 1. The van der Waals surface area contributed by atoms with Gasteiger partial charge in [-0.2, -0.15) is 0 Å². The molecule has 0 unspecified atom stereocenters. The van der Waals surface area contributed by atoms with Crippen LogP contribution in [0, 0.1) is 11.6 Å². The van der Waals surface area contributed by atoms with Crippen LogP contribution in [0.2, 0.25) is 0 Å². The Bertz CT molecular complexity index is 705. The summed E-state index contributed by atoms with van der Waals surface area (Å²) in [5, 5.41) is 20.5. The molecule has 1 amide bonds. The minimum Gasteiger partial charge on any atom is -0.423 e. The van der Waals surface area contributed by atoms with Gasteiger partial charge in [0.05, 0.1) is 11.0 Å². The predicted molar refractivity (Wildman–Crippen MR) is 83.2 cm³/mol. The Morgan fingerprint density at radius 1 is 1.09 bits per heavy atom. The predicted octanol–water partition coefficient (Wildman–Crippen LogP) is 1.14. The highest BCUT2D eigenvalue weighted by Crippen LogP contribution is 2.10. The van der Waals surface area contributed by atoms with Crippen molar-refractivity contribution in [2.24, 2.45) is 0 Å². The van der Waals surface area contributed by atoms with Gasteiger partial charge in [-0.1, -0.05) is 31.2 Å². The first-order valence-corrected chi connectivity index (χ1v) is 7.14. The lowest BCUT2D eigenvalue weighted by Crippen LogP contribution is -2.38. The van der Waals surface area contributed by atoms with Crippen LogP contribution in [0.15, 0.2) is 36.4 Å². The van der Waals surface area contributed by atoms with E-state index < -0.39 is 35.7 Å². The molecule has 120 valence electrons. The molecule has 2 aromatic rings. The lowest BCUT2D eigenvalue weighted by atomic mass is 9.78. The van der Waals surface area contributed by atoms with Crippen LogP contribution in [0.5, 0.6) is 0 Å². The lowest BCUT2D eigenvalue weighted by molar-refractivity contribution is 0.0947. The zero-order valence-electron chi connectivity index (χ0n) is 12.5. The summed E-state index contributed by atoms with van der Waals surface area (Å²) >= 11 is 0. The molecular formula is C16H16BF2NO3. The maximum absolute atomic E-state index is 14.0. The summed E-state index contributed by atoms with van der Waals surface area (Å²) in [5.41, 5.74) is 0.608. The van der Waals surface area contributed by atoms with Gasteiger partial charge in [0.1, 0.15) is 11.6 Å². The number of rotatable bonds is 5. The molecule has 0 aliphatic carbocycles. The van der Waals surface area contributed by atoms with Crippen molar-refractivity contribution in [3.63, 3.8) is 0 Å². The highest BCUT2D eigenvalue weighted by Gasteiger charge is 2.26. The first-order chi connectivity index (χ1) is 10.9. The third kappa shape index (κ3) is 3.94. The number of aryl methyl sites for hydroxylation is 1. The average molecular weight is 319 g/mol. The number of carbonyl (C=O) groups excluding carboxylic acids is 1. The molecule has 0 saturated carbocycles. The van der Waals surface area contributed by atoms with Gasteiger partial charge in [0.15, 0.2) is 0 Å². The van der Waals surface area contributed by atoms with Crippen LogP contribution < -0.4 is 10.8 Å². The third-order valence-corrected chi connectivity index (χ3v) is 3.51. The van der Waals surface area contributed by atoms with Crippen molar-refractivity contribution in [2.75, 3.05) is 0 Å². The van der Waals surface area contributed by atoms with Gasteiger partial charge in [0.2, 0.25) is 0 Å². The topological polar surface area (TPSA) is 69.6 Å². The zero-order valence-corrected chi connectivity index (χ0v) is 12.5. The normalized spacial score (nSPS) is 10.5. The van der Waals surface area contributed by atoms with E-state index in [0.29, 0.717) is 0 Å². The fourth-order valence-electron chi connectivity index (χ4n) is 2.15. The van der Waals surface area contributed by atoms with Crippen LogP contribution in [0.4, 0.5) is 8.78 Å². The summed E-state index contributed by atoms with van der Waals surface area (Å²) in [6.45, 7) is 2.21. The standard InChI is InChI=1S/C16H16BF2NO3/c1-2-10-3-5-11(6-4-10)9-20-16(21)12-7-8-13(18)14(15(12)19)17(22)23/h3-8,22-23H,2,9H2,1H3,(H,20,21). The first-order valence-electron chi connectivity index (χ1n) is 7.14. The minimum absolute atomic E-state index is 0.177. The van der Waals surface area contributed by atoms with Crippen molar-refractivity contribution in [1.29, 1.82) is 0 Å². The van der Waals surface area contributed by atoms with Crippen LogP contribution in [0.25, 0.3) is 0 Å². The second-order valence-electron chi connectivity index (χ2n) is 5.05. The van der Waals surface area contributed by atoms with E-state index in [4.69, 9.17) is 10.0 Å². The fraction of sp³-hybridized carbons (Fsp3) is 0.188. The van der Waals surface area contributed by atoms with E-state index in [2.05, 4.69) is 5.32 Å². The molecule has 0 saturated heterocycles. The van der Waals surface area contributed by atoms with Crippen LogP contribution in [-0.4, -0.2) is 23.1 Å². The summed E-state index contributed by atoms with van der Waals surface area (Å²) in [6, 6.07) is 9.35. The Balaban J connectivity index is 2.13. The molecule has 0 spiro atoms. The smallest absolute Gasteiger partial charge is 0.423 e. The van der Waals surface area contributed by atoms with Crippen molar-refractivity contribution < 1.29 is 23.6 Å². The van der Waals surface area contributed by atoms with Crippen molar-refractivity contribution in [1.82, 2.24) is 5.32 Å². The SMILES string of the molecule is CCc1ccc(CNC(=O)c2ccc(F)c(B(O)O)c2F)cc1. The number of hydrogen-bond donors (Lipinski definition) is 3. The molecule has 0 bridgehead atoms. The van der Waals surface area contributed by atoms with Gasteiger partial charge in [-0.25, -0.2) is 8.78 Å². The molecule has 0 aliphatic heterocycles. The summed E-state index contributed by atoms with van der Waals surface area (Å²) in [4.78, 5) is 12.0. The Morgan fingerprint density at radius 2 is 1.70 bits per heavy atom. The summed E-state index contributed by atoms with van der Waals surface area (Å²) in [7, 11) is -2.33. The molecule has 0 radical (unpaired) electrons. The van der Waals surface area contributed by atoms with E-state index in [-0.39, 0.29) is 6.54 Å². The maximum atomic E-state index is 14.0. The molecule has 0 heterocycles. The van der Waals surface area contributed by atoms with Crippen molar-refractivity contribution in [2.45, 2.75) is 19.9 Å².